The van der Waals surface area contributed by atoms with Crippen molar-refractivity contribution in [3.8, 4) is 5.75 Å². The molecule has 1 unspecified atom stereocenters. The Morgan fingerprint density at radius 1 is 1.25 bits per heavy atom. The van der Waals surface area contributed by atoms with E-state index in [0.29, 0.717) is 24.9 Å². The summed E-state index contributed by atoms with van der Waals surface area (Å²) in [6.07, 6.45) is -0.623. The number of rotatable bonds is 9. The van der Waals surface area contributed by atoms with Gasteiger partial charge in [-0.05, 0) is 37.8 Å². The molecule has 194 valence electrons. The molecule has 0 radical (unpaired) electrons. The first-order chi connectivity index (χ1) is 17.1. The van der Waals surface area contributed by atoms with Crippen LogP contribution < -0.4 is 15.3 Å². The molecule has 1 saturated carbocycles. The van der Waals surface area contributed by atoms with Gasteiger partial charge in [-0.1, -0.05) is 12.1 Å². The van der Waals surface area contributed by atoms with Crippen molar-refractivity contribution < 1.29 is 44.2 Å². The van der Waals surface area contributed by atoms with Gasteiger partial charge in [-0.25, -0.2) is 4.79 Å². The highest BCUT2D eigenvalue weighted by Gasteiger charge is 2.54. The van der Waals surface area contributed by atoms with Crippen LogP contribution in [0, 0.1) is 5.41 Å². The summed E-state index contributed by atoms with van der Waals surface area (Å²) in [5.41, 5.74) is -0.520. The van der Waals surface area contributed by atoms with Gasteiger partial charge in [0.1, 0.15) is 5.75 Å². The zero-order valence-electron chi connectivity index (χ0n) is 19.7. The van der Waals surface area contributed by atoms with Crippen molar-refractivity contribution in [3.63, 3.8) is 0 Å². The summed E-state index contributed by atoms with van der Waals surface area (Å²) in [6.45, 7) is 2.01. The number of piperazine rings is 1. The number of carboxylic acids is 1. The largest absolute Gasteiger partial charge is 0.547 e. The van der Waals surface area contributed by atoms with Crippen molar-refractivity contribution in [3.05, 3.63) is 29.3 Å². The smallest absolute Gasteiger partial charge is 0.534 e. The minimum atomic E-state index is -1.66. The topological polar surface area (TPSA) is 189 Å². The number of hydrogen-bond donors (Lipinski definition) is 6. The molecule has 36 heavy (non-hydrogen) atoms. The van der Waals surface area contributed by atoms with Gasteiger partial charge in [0.05, 0.1) is 24.2 Å². The number of hydrogen-bond acceptors (Lipinski definition) is 9. The van der Waals surface area contributed by atoms with Crippen LogP contribution in [0.2, 0.25) is 0 Å². The van der Waals surface area contributed by atoms with Crippen LogP contribution in [0.5, 0.6) is 5.75 Å². The minimum absolute atomic E-state index is 0.0246. The lowest BCUT2D eigenvalue weighted by atomic mass is 9.72. The maximum Gasteiger partial charge on any atom is 0.547 e. The van der Waals surface area contributed by atoms with E-state index in [-0.39, 0.29) is 37.4 Å². The molecule has 1 aliphatic carbocycles. The number of nitrogens with zero attached hydrogens (tertiary/aromatic N) is 2. The summed E-state index contributed by atoms with van der Waals surface area (Å²) in [5.74, 6) is -4.45. The number of aliphatic hydroxyl groups is 2. The maximum absolute atomic E-state index is 13.3. The first kappa shape index (κ1) is 25.9. The van der Waals surface area contributed by atoms with E-state index in [9.17, 15) is 39.5 Å². The van der Waals surface area contributed by atoms with E-state index in [1.807, 2.05) is 0 Å². The molecule has 14 heteroatoms. The second-order valence-corrected chi connectivity index (χ2v) is 9.30. The van der Waals surface area contributed by atoms with Crippen LogP contribution in [0.3, 0.4) is 0 Å². The van der Waals surface area contributed by atoms with Gasteiger partial charge >= 0.3 is 24.9 Å². The van der Waals surface area contributed by atoms with Gasteiger partial charge in [0.25, 0.3) is 0 Å². The van der Waals surface area contributed by atoms with E-state index >= 15 is 0 Å². The predicted octanol–water partition coefficient (Wildman–Crippen LogP) is -2.48. The second-order valence-electron chi connectivity index (χ2n) is 9.30. The number of fused-ring (bicyclic) bond motifs is 1. The van der Waals surface area contributed by atoms with Crippen LogP contribution in [0.4, 0.5) is 0 Å². The van der Waals surface area contributed by atoms with Crippen molar-refractivity contribution in [2.45, 2.75) is 44.5 Å². The number of carbonyl (C=O) groups is 4. The SMILES string of the molecule is CCN1CCN(C(O)N[C@H](C(=O)N[C@H]2Cc3cccc(C(=O)O)c3OB2O)C2(CO)CC2)C(=O)C1=O. The van der Waals surface area contributed by atoms with Crippen LogP contribution in [0.1, 0.15) is 35.7 Å². The van der Waals surface area contributed by atoms with E-state index in [1.165, 1.54) is 17.0 Å². The van der Waals surface area contributed by atoms with Crippen LogP contribution in [-0.4, -0.2) is 106 Å². The Kier molecular flexibility index (Phi) is 7.22. The quantitative estimate of drug-likeness (QED) is 0.119. The average molecular weight is 504 g/mol. The fourth-order valence-electron chi connectivity index (χ4n) is 4.68. The van der Waals surface area contributed by atoms with E-state index in [2.05, 4.69) is 10.6 Å². The first-order valence-electron chi connectivity index (χ1n) is 11.8. The average Bonchev–Trinajstić information content (AvgIpc) is 3.65. The van der Waals surface area contributed by atoms with Gasteiger partial charge in [-0.3, -0.25) is 24.6 Å². The number of carboxylic acid groups (broad SMARTS) is 1. The summed E-state index contributed by atoms with van der Waals surface area (Å²) >= 11 is 0. The number of aliphatic hydroxyl groups excluding tert-OH is 2. The fraction of sp³-hybridized carbons (Fsp3) is 0.545. The lowest BCUT2D eigenvalue weighted by molar-refractivity contribution is -0.166. The molecule has 1 aromatic carbocycles. The lowest BCUT2D eigenvalue weighted by Gasteiger charge is -2.38. The standard InChI is InChI=1S/C22H29BN4O9/c1-2-26-8-9-27(19(31)18(26)30)21(34)25-16(22(11-28)6-7-22)17(29)24-14-10-12-4-3-5-13(20(32)33)15(12)36-23(14)35/h3-5,14,16,21,25,28,34-35H,2,6-11H2,1H3,(H,24,29)(H,32,33)/t14-,16+,21?/m0/s1. The molecule has 1 saturated heterocycles. The molecule has 4 rings (SSSR count). The summed E-state index contributed by atoms with van der Waals surface area (Å²) in [6, 6.07) is 3.35. The number of carbonyl (C=O) groups excluding carboxylic acids is 3. The highest BCUT2D eigenvalue weighted by Crippen LogP contribution is 2.48. The maximum atomic E-state index is 13.3. The van der Waals surface area contributed by atoms with Gasteiger partial charge in [0.15, 0.2) is 6.35 Å². The minimum Gasteiger partial charge on any atom is -0.534 e. The Morgan fingerprint density at radius 3 is 2.58 bits per heavy atom. The number of nitrogens with one attached hydrogen (secondary N) is 2. The molecule has 0 spiro atoms. The highest BCUT2D eigenvalue weighted by molar-refractivity contribution is 6.47. The molecule has 2 fully saturated rings. The molecule has 6 N–H and O–H groups in total. The van der Waals surface area contributed by atoms with Crippen LogP contribution >= 0.6 is 0 Å². The molecule has 0 aromatic heterocycles. The predicted molar refractivity (Wildman–Crippen MR) is 123 cm³/mol. The van der Waals surface area contributed by atoms with Crippen molar-refractivity contribution in [1.29, 1.82) is 0 Å². The number of benzene rings is 1. The third-order valence-electron chi connectivity index (χ3n) is 7.09. The van der Waals surface area contributed by atoms with Crippen molar-refractivity contribution in [2.24, 2.45) is 5.41 Å². The van der Waals surface area contributed by atoms with E-state index in [0.717, 1.165) is 4.90 Å². The summed E-state index contributed by atoms with van der Waals surface area (Å²) < 4.78 is 5.41. The van der Waals surface area contributed by atoms with Crippen molar-refractivity contribution in [1.82, 2.24) is 20.4 Å². The van der Waals surface area contributed by atoms with Crippen LogP contribution in [0.25, 0.3) is 0 Å². The van der Waals surface area contributed by atoms with Crippen LogP contribution in [-0.2, 0) is 20.8 Å². The molecule has 2 heterocycles. The third-order valence-corrected chi connectivity index (χ3v) is 7.09. The Hall–Kier alpha value is -3.20. The van der Waals surface area contributed by atoms with Crippen molar-refractivity contribution in [2.75, 3.05) is 26.2 Å². The van der Waals surface area contributed by atoms with E-state index in [1.54, 1.807) is 13.0 Å². The number of para-hydroxylation sites is 1. The monoisotopic (exact) mass is 504 g/mol. The molecular formula is C22H29BN4O9. The van der Waals surface area contributed by atoms with Gasteiger partial charge in [0.2, 0.25) is 5.91 Å². The first-order valence-corrected chi connectivity index (χ1v) is 11.8. The van der Waals surface area contributed by atoms with E-state index < -0.39 is 54.6 Å². The van der Waals surface area contributed by atoms with Crippen molar-refractivity contribution >= 4 is 30.8 Å². The molecule has 2 aliphatic heterocycles. The fourth-order valence-corrected chi connectivity index (χ4v) is 4.68. The lowest BCUT2D eigenvalue weighted by Crippen LogP contribution is -2.65. The molecule has 3 amide bonds. The Balaban J connectivity index is 1.48. The van der Waals surface area contributed by atoms with Crippen LogP contribution in [0.15, 0.2) is 18.2 Å². The van der Waals surface area contributed by atoms with Gasteiger partial charge in [-0.15, -0.1) is 0 Å². The summed E-state index contributed by atoms with van der Waals surface area (Å²) in [4.78, 5) is 51.7. The Labute approximate surface area is 207 Å². The third kappa shape index (κ3) is 4.76. The molecule has 1 aromatic rings. The summed E-state index contributed by atoms with van der Waals surface area (Å²) in [5, 5.41) is 45.9. The molecule has 0 bridgehead atoms. The zero-order chi connectivity index (χ0) is 26.2. The second kappa shape index (κ2) is 10.0. The zero-order valence-corrected chi connectivity index (χ0v) is 19.7. The number of amides is 3. The molecular weight excluding hydrogens is 475 g/mol. The molecule has 3 aliphatic rings. The highest BCUT2D eigenvalue weighted by atomic mass is 16.5. The number of likely N-dealkylation sites (N-methyl/N-ethyl adjacent to an activating group) is 1. The summed E-state index contributed by atoms with van der Waals surface area (Å²) in [7, 11) is -1.54. The van der Waals surface area contributed by atoms with Gasteiger partial charge < -0.3 is 35.2 Å². The molecule has 3 atom stereocenters. The normalized spacial score (nSPS) is 22.4. The molecule has 13 nitrogen and oxygen atoms in total. The Bertz CT molecular complexity index is 1070. The van der Waals surface area contributed by atoms with Gasteiger partial charge in [-0.2, -0.15) is 0 Å². The Morgan fingerprint density at radius 2 is 1.97 bits per heavy atom. The number of aromatic carboxylic acids is 1. The van der Waals surface area contributed by atoms with E-state index in [4.69, 9.17) is 4.65 Å². The van der Waals surface area contributed by atoms with Gasteiger partial charge in [0, 0.05) is 25.0 Å².